The summed E-state index contributed by atoms with van der Waals surface area (Å²) in [6.45, 7) is 4.55. The number of benzene rings is 1. The van der Waals surface area contributed by atoms with Crippen LogP contribution in [0.3, 0.4) is 0 Å². The fourth-order valence-electron chi connectivity index (χ4n) is 1.75. The topological polar surface area (TPSA) is 59.0 Å². The Morgan fingerprint density at radius 2 is 2.00 bits per heavy atom. The molecule has 4 heteroatoms. The number of nitrogens with zero attached hydrogens (tertiary/aromatic N) is 1. The molecule has 0 aliphatic heterocycles. The monoisotopic (exact) mass is 258 g/mol. The summed E-state index contributed by atoms with van der Waals surface area (Å²) < 4.78 is 5.40. The molecule has 0 amide bonds. The summed E-state index contributed by atoms with van der Waals surface area (Å²) in [5.74, 6) is 0.851. The lowest BCUT2D eigenvalue weighted by Crippen LogP contribution is -1.90. The maximum atomic E-state index is 8.98. The number of thiophene rings is 1. The first-order valence-corrected chi connectivity index (χ1v) is 6.51. The van der Waals surface area contributed by atoms with Gasteiger partial charge in [-0.2, -0.15) is 5.26 Å². The van der Waals surface area contributed by atoms with E-state index in [4.69, 9.17) is 15.7 Å². The van der Waals surface area contributed by atoms with Crippen molar-refractivity contribution in [1.29, 1.82) is 5.26 Å². The van der Waals surface area contributed by atoms with Crippen LogP contribution in [0.5, 0.6) is 5.75 Å². The van der Waals surface area contributed by atoms with Gasteiger partial charge in [-0.25, -0.2) is 0 Å². The van der Waals surface area contributed by atoms with Gasteiger partial charge in [-0.3, -0.25) is 0 Å². The second-order valence-electron chi connectivity index (χ2n) is 3.87. The number of nitrogens with two attached hydrogens (primary N) is 1. The fraction of sp³-hybridized carbons (Fsp3) is 0.214. The molecule has 0 radical (unpaired) electrons. The van der Waals surface area contributed by atoms with Gasteiger partial charge in [0, 0.05) is 4.88 Å². The molecule has 2 N–H and O–H groups in total. The Kier molecular flexibility index (Phi) is 3.54. The van der Waals surface area contributed by atoms with Crippen LogP contribution < -0.4 is 10.5 Å². The van der Waals surface area contributed by atoms with E-state index < -0.39 is 0 Å². The van der Waals surface area contributed by atoms with E-state index in [0.29, 0.717) is 17.2 Å². The number of hydrogen-bond acceptors (Lipinski definition) is 4. The van der Waals surface area contributed by atoms with E-state index in [0.717, 1.165) is 21.8 Å². The lowest BCUT2D eigenvalue weighted by molar-refractivity contribution is 0.340. The molecule has 0 saturated carbocycles. The minimum Gasteiger partial charge on any atom is -0.494 e. The molecule has 0 unspecified atom stereocenters. The van der Waals surface area contributed by atoms with Crippen LogP contribution in [-0.4, -0.2) is 6.61 Å². The first-order valence-electron chi connectivity index (χ1n) is 5.69. The number of nitrogen functional groups attached to an aromatic ring is 1. The molecule has 3 nitrogen and oxygen atoms in total. The molecule has 0 aliphatic carbocycles. The molecule has 0 spiro atoms. The molecule has 1 aromatic carbocycles. The summed E-state index contributed by atoms with van der Waals surface area (Å²) in [6.07, 6.45) is 0. The van der Waals surface area contributed by atoms with Crippen molar-refractivity contribution in [2.24, 2.45) is 0 Å². The van der Waals surface area contributed by atoms with Gasteiger partial charge >= 0.3 is 0 Å². The van der Waals surface area contributed by atoms with E-state index >= 15 is 0 Å². The third kappa shape index (κ3) is 2.18. The molecule has 0 saturated heterocycles. The molecule has 92 valence electrons. The molecule has 2 rings (SSSR count). The van der Waals surface area contributed by atoms with E-state index in [1.54, 1.807) is 0 Å². The van der Waals surface area contributed by atoms with Crippen molar-refractivity contribution in [3.05, 3.63) is 34.7 Å². The lowest BCUT2D eigenvalue weighted by atomic mass is 10.1. The van der Waals surface area contributed by atoms with Crippen molar-refractivity contribution in [1.82, 2.24) is 0 Å². The number of hydrogen-bond donors (Lipinski definition) is 1. The molecule has 0 atom stereocenters. The summed E-state index contributed by atoms with van der Waals surface area (Å²) in [7, 11) is 0. The summed E-state index contributed by atoms with van der Waals surface area (Å²) in [6, 6.07) is 9.97. The predicted octanol–water partition coefficient (Wildman–Crippen LogP) is 3.58. The molecule has 1 heterocycles. The highest BCUT2D eigenvalue weighted by molar-refractivity contribution is 7.16. The van der Waals surface area contributed by atoms with Crippen LogP contribution in [0.2, 0.25) is 0 Å². The van der Waals surface area contributed by atoms with E-state index in [-0.39, 0.29) is 0 Å². The highest BCUT2D eigenvalue weighted by Gasteiger charge is 2.13. The van der Waals surface area contributed by atoms with E-state index in [2.05, 4.69) is 6.07 Å². The second kappa shape index (κ2) is 5.11. The minimum absolute atomic E-state index is 0.580. The Bertz CT molecular complexity index is 593. The third-order valence-electron chi connectivity index (χ3n) is 2.72. The van der Waals surface area contributed by atoms with Gasteiger partial charge < -0.3 is 10.5 Å². The first-order chi connectivity index (χ1) is 8.67. The minimum atomic E-state index is 0.580. The Morgan fingerprint density at radius 3 is 2.50 bits per heavy atom. The molecule has 0 aliphatic rings. The first kappa shape index (κ1) is 12.5. The predicted molar refractivity (Wildman–Crippen MR) is 74.8 cm³/mol. The highest BCUT2D eigenvalue weighted by atomic mass is 32.1. The van der Waals surface area contributed by atoms with Crippen molar-refractivity contribution in [2.75, 3.05) is 12.3 Å². The Labute approximate surface area is 110 Å². The SMILES string of the molecule is CCOc1ccc(-c2sc(C#N)c(N)c2C)cc1. The van der Waals surface area contributed by atoms with Gasteiger partial charge in [-0.1, -0.05) is 0 Å². The maximum Gasteiger partial charge on any atom is 0.128 e. The largest absolute Gasteiger partial charge is 0.494 e. The van der Waals surface area contributed by atoms with Gasteiger partial charge in [0.15, 0.2) is 0 Å². The quantitative estimate of drug-likeness (QED) is 0.915. The Balaban J connectivity index is 2.40. The normalized spacial score (nSPS) is 10.1. The van der Waals surface area contributed by atoms with Crippen LogP contribution in [0.4, 0.5) is 5.69 Å². The van der Waals surface area contributed by atoms with E-state index in [1.165, 1.54) is 11.3 Å². The fourth-order valence-corrected chi connectivity index (χ4v) is 2.78. The van der Waals surface area contributed by atoms with Crippen LogP contribution in [0.1, 0.15) is 17.4 Å². The highest BCUT2D eigenvalue weighted by Crippen LogP contribution is 2.38. The van der Waals surface area contributed by atoms with Gasteiger partial charge in [0.05, 0.1) is 12.3 Å². The third-order valence-corrected chi connectivity index (χ3v) is 3.98. The maximum absolute atomic E-state index is 8.98. The second-order valence-corrected chi connectivity index (χ2v) is 4.89. The van der Waals surface area contributed by atoms with Gasteiger partial charge in [-0.15, -0.1) is 11.3 Å². The summed E-state index contributed by atoms with van der Waals surface area (Å²) in [5.41, 5.74) is 8.52. The molecule has 0 fully saturated rings. The molecular weight excluding hydrogens is 244 g/mol. The van der Waals surface area contributed by atoms with Gasteiger partial charge in [0.25, 0.3) is 0 Å². The molecular formula is C14H14N2OS. The zero-order valence-corrected chi connectivity index (χ0v) is 11.2. The van der Waals surface area contributed by atoms with Crippen LogP contribution in [0.25, 0.3) is 10.4 Å². The molecule has 2 aromatic rings. The van der Waals surface area contributed by atoms with Crippen molar-refractivity contribution >= 4 is 17.0 Å². The van der Waals surface area contributed by atoms with E-state index in [1.807, 2.05) is 38.1 Å². The number of anilines is 1. The van der Waals surface area contributed by atoms with Crippen LogP contribution >= 0.6 is 11.3 Å². The standard InChI is InChI=1S/C14H14N2OS/c1-3-17-11-6-4-10(5-7-11)14-9(2)13(16)12(8-15)18-14/h4-7H,3,16H2,1-2H3. The van der Waals surface area contributed by atoms with Crippen molar-refractivity contribution < 1.29 is 4.74 Å². The summed E-state index contributed by atoms with van der Waals surface area (Å²) in [4.78, 5) is 1.63. The van der Waals surface area contributed by atoms with E-state index in [9.17, 15) is 0 Å². The number of ether oxygens (including phenoxy) is 1. The molecule has 1 aromatic heterocycles. The number of nitriles is 1. The van der Waals surface area contributed by atoms with Crippen LogP contribution in [0.15, 0.2) is 24.3 Å². The zero-order valence-electron chi connectivity index (χ0n) is 10.4. The van der Waals surface area contributed by atoms with Gasteiger partial charge in [-0.05, 0) is 49.2 Å². The van der Waals surface area contributed by atoms with Crippen molar-refractivity contribution in [3.8, 4) is 22.3 Å². The van der Waals surface area contributed by atoms with Gasteiger partial charge in [0.2, 0.25) is 0 Å². The van der Waals surface area contributed by atoms with Crippen LogP contribution in [-0.2, 0) is 0 Å². The van der Waals surface area contributed by atoms with Gasteiger partial charge in [0.1, 0.15) is 16.7 Å². The van der Waals surface area contributed by atoms with Crippen molar-refractivity contribution in [2.45, 2.75) is 13.8 Å². The van der Waals surface area contributed by atoms with Crippen molar-refractivity contribution in [3.63, 3.8) is 0 Å². The summed E-state index contributed by atoms with van der Waals surface area (Å²) >= 11 is 1.43. The number of rotatable bonds is 3. The summed E-state index contributed by atoms with van der Waals surface area (Å²) in [5, 5.41) is 8.98. The lowest BCUT2D eigenvalue weighted by Gasteiger charge is -2.04. The zero-order chi connectivity index (χ0) is 13.1. The smallest absolute Gasteiger partial charge is 0.128 e. The van der Waals surface area contributed by atoms with Crippen LogP contribution in [0, 0.1) is 18.3 Å². The Hall–Kier alpha value is -1.99. The average molecular weight is 258 g/mol. The molecule has 0 bridgehead atoms. The Morgan fingerprint density at radius 1 is 1.33 bits per heavy atom. The average Bonchev–Trinajstić information content (AvgIpc) is 2.68. The molecule has 18 heavy (non-hydrogen) atoms.